The van der Waals surface area contributed by atoms with Crippen LogP contribution < -0.4 is 10.6 Å². The van der Waals surface area contributed by atoms with Gasteiger partial charge in [-0.3, -0.25) is 14.3 Å². The summed E-state index contributed by atoms with van der Waals surface area (Å²) in [7, 11) is 1.79. The fourth-order valence-electron chi connectivity index (χ4n) is 2.84. The Kier molecular flexibility index (Phi) is 5.25. The molecule has 0 aromatic carbocycles. The predicted octanol–water partition coefficient (Wildman–Crippen LogP) is 2.04. The lowest BCUT2D eigenvalue weighted by molar-refractivity contribution is -0.123. The van der Waals surface area contributed by atoms with Crippen molar-refractivity contribution in [2.75, 3.05) is 13.1 Å². The summed E-state index contributed by atoms with van der Waals surface area (Å²) in [5.41, 5.74) is 2.38. The maximum absolute atomic E-state index is 12.8. The number of aromatic nitrogens is 3. The van der Waals surface area contributed by atoms with E-state index >= 15 is 0 Å². The maximum atomic E-state index is 12.8. The molecule has 0 aliphatic heterocycles. The van der Waals surface area contributed by atoms with Gasteiger partial charge < -0.3 is 15.1 Å². The van der Waals surface area contributed by atoms with E-state index in [1.54, 1.807) is 36.2 Å². The van der Waals surface area contributed by atoms with Crippen LogP contribution in [-0.4, -0.2) is 39.7 Å². The first-order valence-electron chi connectivity index (χ1n) is 8.82. The molecular weight excluding hydrogens is 346 g/mol. The van der Waals surface area contributed by atoms with Gasteiger partial charge in [-0.05, 0) is 25.1 Å². The minimum atomic E-state index is -0.245. The van der Waals surface area contributed by atoms with Crippen LogP contribution in [-0.2, 0) is 11.8 Å². The highest BCUT2D eigenvalue weighted by atomic mass is 16.3. The number of carbonyl (C=O) groups is 2. The first-order chi connectivity index (χ1) is 12.9. The second-order valence-electron chi connectivity index (χ2n) is 6.64. The van der Waals surface area contributed by atoms with E-state index in [4.69, 9.17) is 4.42 Å². The number of hydrogen-bond acceptors (Lipinski definition) is 5. The molecule has 27 heavy (non-hydrogen) atoms. The van der Waals surface area contributed by atoms with Gasteiger partial charge in [-0.15, -0.1) is 0 Å². The molecule has 8 heteroatoms. The van der Waals surface area contributed by atoms with Crippen LogP contribution in [0.1, 0.15) is 29.9 Å². The highest BCUT2D eigenvalue weighted by Gasteiger charge is 2.20. The Morgan fingerprint density at radius 2 is 2.00 bits per heavy atom. The average molecular weight is 369 g/mol. The van der Waals surface area contributed by atoms with Gasteiger partial charge in [-0.25, -0.2) is 4.98 Å². The third-order valence-corrected chi connectivity index (χ3v) is 4.22. The van der Waals surface area contributed by atoms with Crippen molar-refractivity contribution in [3.05, 3.63) is 35.7 Å². The van der Waals surface area contributed by atoms with Gasteiger partial charge in [0.05, 0.1) is 22.9 Å². The van der Waals surface area contributed by atoms with Crippen molar-refractivity contribution >= 4 is 22.8 Å². The monoisotopic (exact) mass is 369 g/mol. The highest BCUT2D eigenvalue weighted by molar-refractivity contribution is 6.07. The second kappa shape index (κ2) is 7.61. The first-order valence-corrected chi connectivity index (χ1v) is 8.82. The zero-order valence-corrected chi connectivity index (χ0v) is 15.9. The number of nitrogens with one attached hydrogen (secondary N) is 2. The molecule has 0 atom stereocenters. The molecule has 3 rings (SSSR count). The van der Waals surface area contributed by atoms with Gasteiger partial charge in [-0.1, -0.05) is 13.8 Å². The van der Waals surface area contributed by atoms with E-state index in [1.807, 2.05) is 20.8 Å². The lowest BCUT2D eigenvalue weighted by Crippen LogP contribution is -2.36. The molecule has 0 aliphatic carbocycles. The van der Waals surface area contributed by atoms with E-state index < -0.39 is 0 Å². The zero-order valence-electron chi connectivity index (χ0n) is 15.9. The quantitative estimate of drug-likeness (QED) is 0.648. The SMILES string of the molecule is Cc1nn(C)c2nc(-c3ccco3)cc(C(=O)NCCNC(=O)C(C)C)c12. The highest BCUT2D eigenvalue weighted by Crippen LogP contribution is 2.27. The van der Waals surface area contributed by atoms with E-state index in [1.165, 1.54) is 0 Å². The summed E-state index contributed by atoms with van der Waals surface area (Å²) >= 11 is 0. The van der Waals surface area contributed by atoms with Crippen LogP contribution in [0.15, 0.2) is 28.9 Å². The standard InChI is InChI=1S/C19H23N5O3/c1-11(2)18(25)20-7-8-21-19(26)13-10-14(15-6-5-9-27-15)22-17-16(13)12(3)23-24(17)4/h5-6,9-11H,7-8H2,1-4H3,(H,20,25)(H,21,26). The Bertz CT molecular complexity index is 973. The number of fused-ring (bicyclic) bond motifs is 1. The molecule has 142 valence electrons. The normalized spacial score (nSPS) is 11.1. The fourth-order valence-corrected chi connectivity index (χ4v) is 2.84. The summed E-state index contributed by atoms with van der Waals surface area (Å²) in [6.07, 6.45) is 1.56. The molecular formula is C19H23N5O3. The van der Waals surface area contributed by atoms with Crippen molar-refractivity contribution in [2.24, 2.45) is 13.0 Å². The van der Waals surface area contributed by atoms with Crippen molar-refractivity contribution < 1.29 is 14.0 Å². The van der Waals surface area contributed by atoms with Gasteiger partial charge in [0, 0.05) is 26.1 Å². The predicted molar refractivity (Wildman–Crippen MR) is 101 cm³/mol. The second-order valence-corrected chi connectivity index (χ2v) is 6.64. The molecule has 8 nitrogen and oxygen atoms in total. The largest absolute Gasteiger partial charge is 0.463 e. The summed E-state index contributed by atoms with van der Waals surface area (Å²) in [4.78, 5) is 29.0. The Labute approximate surface area is 156 Å². The molecule has 0 fully saturated rings. The average Bonchev–Trinajstić information content (AvgIpc) is 3.26. The number of aryl methyl sites for hydroxylation is 2. The van der Waals surface area contributed by atoms with Gasteiger partial charge in [0.15, 0.2) is 11.4 Å². The molecule has 0 bridgehead atoms. The Morgan fingerprint density at radius 1 is 1.26 bits per heavy atom. The molecule has 3 aromatic heterocycles. The van der Waals surface area contributed by atoms with Crippen LogP contribution in [0.4, 0.5) is 0 Å². The van der Waals surface area contributed by atoms with Crippen LogP contribution in [0.25, 0.3) is 22.5 Å². The number of carbonyl (C=O) groups excluding carboxylic acids is 2. The summed E-state index contributed by atoms with van der Waals surface area (Å²) in [5.74, 6) is 0.201. The Morgan fingerprint density at radius 3 is 2.67 bits per heavy atom. The van der Waals surface area contributed by atoms with Crippen LogP contribution >= 0.6 is 0 Å². The van der Waals surface area contributed by atoms with Crippen LogP contribution in [0, 0.1) is 12.8 Å². The summed E-state index contributed by atoms with van der Waals surface area (Å²) in [5, 5.41) is 10.7. The summed E-state index contributed by atoms with van der Waals surface area (Å²) in [6.45, 7) is 6.19. The molecule has 0 aliphatic rings. The van der Waals surface area contributed by atoms with Gasteiger partial charge in [0.25, 0.3) is 5.91 Å². The minimum absolute atomic E-state index is 0.0428. The third kappa shape index (κ3) is 3.84. The number of rotatable bonds is 6. The van der Waals surface area contributed by atoms with E-state index in [-0.39, 0.29) is 17.7 Å². The lowest BCUT2D eigenvalue weighted by atomic mass is 10.1. The van der Waals surface area contributed by atoms with Crippen molar-refractivity contribution in [1.82, 2.24) is 25.4 Å². The van der Waals surface area contributed by atoms with Crippen molar-refractivity contribution in [3.8, 4) is 11.5 Å². The van der Waals surface area contributed by atoms with Gasteiger partial charge in [-0.2, -0.15) is 5.10 Å². The van der Waals surface area contributed by atoms with E-state index in [0.29, 0.717) is 41.1 Å². The van der Waals surface area contributed by atoms with Crippen molar-refractivity contribution in [3.63, 3.8) is 0 Å². The van der Waals surface area contributed by atoms with E-state index in [0.717, 1.165) is 5.69 Å². The number of hydrogen-bond donors (Lipinski definition) is 2. The molecule has 0 spiro atoms. The number of pyridine rings is 1. The van der Waals surface area contributed by atoms with Crippen LogP contribution in [0.5, 0.6) is 0 Å². The number of amides is 2. The molecule has 0 saturated heterocycles. The fraction of sp³-hybridized carbons (Fsp3) is 0.368. The minimum Gasteiger partial charge on any atom is -0.463 e. The van der Waals surface area contributed by atoms with Gasteiger partial charge in [0.1, 0.15) is 5.69 Å². The Balaban J connectivity index is 1.86. The molecule has 2 amide bonds. The van der Waals surface area contributed by atoms with E-state index in [2.05, 4.69) is 20.7 Å². The summed E-state index contributed by atoms with van der Waals surface area (Å²) < 4.78 is 7.08. The Hall–Kier alpha value is -3.16. The smallest absolute Gasteiger partial charge is 0.252 e. The number of nitrogens with zero attached hydrogens (tertiary/aromatic N) is 3. The van der Waals surface area contributed by atoms with Crippen molar-refractivity contribution in [1.29, 1.82) is 0 Å². The topological polar surface area (TPSA) is 102 Å². The van der Waals surface area contributed by atoms with Gasteiger partial charge in [0.2, 0.25) is 5.91 Å². The van der Waals surface area contributed by atoms with Crippen LogP contribution in [0.2, 0.25) is 0 Å². The lowest BCUT2D eigenvalue weighted by Gasteiger charge is -2.10. The van der Waals surface area contributed by atoms with Crippen LogP contribution in [0.3, 0.4) is 0 Å². The van der Waals surface area contributed by atoms with E-state index in [9.17, 15) is 9.59 Å². The zero-order chi connectivity index (χ0) is 19.6. The third-order valence-electron chi connectivity index (χ3n) is 4.22. The molecule has 3 aromatic rings. The van der Waals surface area contributed by atoms with Gasteiger partial charge >= 0.3 is 0 Å². The first kappa shape index (κ1) is 18.6. The van der Waals surface area contributed by atoms with Crippen molar-refractivity contribution in [2.45, 2.75) is 20.8 Å². The molecule has 2 N–H and O–H groups in total. The molecule has 3 heterocycles. The maximum Gasteiger partial charge on any atom is 0.252 e. The molecule has 0 unspecified atom stereocenters. The number of furan rings is 1. The molecule has 0 radical (unpaired) electrons. The molecule has 0 saturated carbocycles. The summed E-state index contributed by atoms with van der Waals surface area (Å²) in [6, 6.07) is 5.27.